The van der Waals surface area contributed by atoms with Crippen LogP contribution in [0.2, 0.25) is 0 Å². The molecular weight excluding hydrogens is 304 g/mol. The van der Waals surface area contributed by atoms with Crippen LogP contribution in [0.25, 0.3) is 0 Å². The van der Waals surface area contributed by atoms with Crippen molar-refractivity contribution in [2.45, 2.75) is 70.8 Å². The molecule has 25 heavy (non-hydrogen) atoms. The first kappa shape index (κ1) is 18.4. The van der Waals surface area contributed by atoms with Crippen LogP contribution in [0.15, 0.2) is 42.1 Å². The molecule has 0 saturated heterocycles. The third-order valence-electron chi connectivity index (χ3n) is 5.55. The number of benzene rings is 1. The SMILES string of the molecule is C1=C([N+]2=CCCN(Cc3ccccc3)CCCC2)CCCCCCC1. The molecule has 136 valence electrons. The predicted octanol–water partition coefficient (Wildman–Crippen LogP) is 5.38. The molecular formula is C23H35N2+. The van der Waals surface area contributed by atoms with Crippen LogP contribution in [0.3, 0.4) is 0 Å². The first-order chi connectivity index (χ1) is 12.4. The molecule has 0 fully saturated rings. The van der Waals surface area contributed by atoms with Crippen LogP contribution in [0.1, 0.15) is 69.8 Å². The van der Waals surface area contributed by atoms with E-state index in [0.717, 1.165) is 6.54 Å². The third kappa shape index (κ3) is 6.43. The Balaban J connectivity index is 1.60. The summed E-state index contributed by atoms with van der Waals surface area (Å²) in [5.41, 5.74) is 3.05. The van der Waals surface area contributed by atoms with Crippen molar-refractivity contribution in [2.24, 2.45) is 0 Å². The van der Waals surface area contributed by atoms with Crippen molar-refractivity contribution in [3.8, 4) is 0 Å². The van der Waals surface area contributed by atoms with Gasteiger partial charge in [0.1, 0.15) is 12.8 Å². The Hall–Kier alpha value is -1.41. The van der Waals surface area contributed by atoms with Gasteiger partial charge in [-0.3, -0.25) is 4.90 Å². The third-order valence-corrected chi connectivity index (χ3v) is 5.55. The van der Waals surface area contributed by atoms with Crippen molar-refractivity contribution in [1.82, 2.24) is 4.90 Å². The molecule has 2 aliphatic rings. The average molecular weight is 340 g/mol. The summed E-state index contributed by atoms with van der Waals surface area (Å²) >= 11 is 0. The molecule has 3 rings (SSSR count). The Kier molecular flexibility index (Phi) is 7.76. The Morgan fingerprint density at radius 2 is 1.64 bits per heavy atom. The van der Waals surface area contributed by atoms with Crippen LogP contribution in [-0.4, -0.2) is 35.3 Å². The lowest BCUT2D eigenvalue weighted by atomic mass is 10.1. The lowest BCUT2D eigenvalue weighted by Gasteiger charge is -2.20. The molecule has 0 aromatic heterocycles. The van der Waals surface area contributed by atoms with Gasteiger partial charge in [-0.05, 0) is 43.9 Å². The highest BCUT2D eigenvalue weighted by Gasteiger charge is 2.16. The van der Waals surface area contributed by atoms with Gasteiger partial charge in [0.15, 0.2) is 5.70 Å². The summed E-state index contributed by atoms with van der Waals surface area (Å²) in [5, 5.41) is 0. The Morgan fingerprint density at radius 3 is 2.56 bits per heavy atom. The van der Waals surface area contributed by atoms with Gasteiger partial charge < -0.3 is 0 Å². The minimum Gasteiger partial charge on any atom is -0.299 e. The average Bonchev–Trinajstić information content (AvgIpc) is 2.84. The van der Waals surface area contributed by atoms with Crippen molar-refractivity contribution in [3.05, 3.63) is 47.7 Å². The summed E-state index contributed by atoms with van der Waals surface area (Å²) in [6.07, 6.45) is 18.4. The lowest BCUT2D eigenvalue weighted by molar-refractivity contribution is -0.477. The van der Waals surface area contributed by atoms with Gasteiger partial charge in [0.05, 0.1) is 0 Å². The highest BCUT2D eigenvalue weighted by atomic mass is 15.1. The molecule has 0 amide bonds. The Bertz CT molecular complexity index is 559. The van der Waals surface area contributed by atoms with E-state index in [1.165, 1.54) is 89.4 Å². The first-order valence-corrected chi connectivity index (χ1v) is 10.5. The van der Waals surface area contributed by atoms with E-state index >= 15 is 0 Å². The van der Waals surface area contributed by atoms with Crippen LogP contribution in [0.4, 0.5) is 0 Å². The van der Waals surface area contributed by atoms with E-state index in [-0.39, 0.29) is 0 Å². The van der Waals surface area contributed by atoms with Crippen molar-refractivity contribution in [3.63, 3.8) is 0 Å². The number of rotatable bonds is 3. The van der Waals surface area contributed by atoms with Gasteiger partial charge in [-0.1, -0.05) is 49.6 Å². The molecule has 0 saturated carbocycles. The van der Waals surface area contributed by atoms with E-state index < -0.39 is 0 Å². The highest BCUT2D eigenvalue weighted by Crippen LogP contribution is 2.18. The zero-order valence-corrected chi connectivity index (χ0v) is 15.8. The monoisotopic (exact) mass is 339 g/mol. The van der Waals surface area contributed by atoms with Crippen molar-refractivity contribution in [1.29, 1.82) is 0 Å². The number of allylic oxidation sites excluding steroid dienone is 2. The molecule has 0 bridgehead atoms. The molecule has 2 heteroatoms. The molecule has 0 N–H and O–H groups in total. The zero-order valence-electron chi connectivity index (χ0n) is 15.8. The van der Waals surface area contributed by atoms with Crippen molar-refractivity contribution >= 4 is 6.21 Å². The summed E-state index contributed by atoms with van der Waals surface area (Å²) < 4.78 is 2.61. The minimum atomic E-state index is 1.09. The largest absolute Gasteiger partial charge is 0.299 e. The first-order valence-electron chi connectivity index (χ1n) is 10.5. The van der Waals surface area contributed by atoms with Gasteiger partial charge in [0.25, 0.3) is 0 Å². The summed E-state index contributed by atoms with van der Waals surface area (Å²) in [7, 11) is 0. The summed E-state index contributed by atoms with van der Waals surface area (Å²) in [6.45, 7) is 4.72. The van der Waals surface area contributed by atoms with Crippen molar-refractivity contribution < 1.29 is 4.58 Å². The molecule has 1 aliphatic heterocycles. The molecule has 1 aromatic carbocycles. The van der Waals surface area contributed by atoms with Gasteiger partial charge in [-0.2, -0.15) is 0 Å². The second-order valence-electron chi connectivity index (χ2n) is 7.64. The standard InChI is InChI=1S/C23H35N2/c1-2-4-9-16-23(15-8-3-1)25-19-11-10-17-24(18-12-20-25)21-22-13-6-5-7-14-22/h5-7,13-15,20H,1-4,8-12,16-19,21H2/q+1. The van der Waals surface area contributed by atoms with Gasteiger partial charge in [0, 0.05) is 32.4 Å². The molecule has 0 radical (unpaired) electrons. The number of hydrogen-bond acceptors (Lipinski definition) is 1. The van der Waals surface area contributed by atoms with E-state index in [1.54, 1.807) is 5.70 Å². The van der Waals surface area contributed by atoms with E-state index in [0.29, 0.717) is 0 Å². The maximum absolute atomic E-state index is 2.63. The maximum atomic E-state index is 2.63. The molecule has 1 aliphatic carbocycles. The van der Waals surface area contributed by atoms with E-state index in [1.807, 2.05) is 0 Å². The molecule has 2 nitrogen and oxygen atoms in total. The fourth-order valence-corrected chi connectivity index (χ4v) is 4.09. The molecule has 0 atom stereocenters. The predicted molar refractivity (Wildman–Crippen MR) is 107 cm³/mol. The molecule has 1 aromatic rings. The van der Waals surface area contributed by atoms with Gasteiger partial charge in [0.2, 0.25) is 0 Å². The van der Waals surface area contributed by atoms with E-state index in [4.69, 9.17) is 0 Å². The van der Waals surface area contributed by atoms with Gasteiger partial charge in [-0.25, -0.2) is 4.58 Å². The van der Waals surface area contributed by atoms with Crippen LogP contribution < -0.4 is 0 Å². The number of hydrogen-bond donors (Lipinski definition) is 0. The fourth-order valence-electron chi connectivity index (χ4n) is 4.09. The maximum Gasteiger partial charge on any atom is 0.176 e. The molecule has 1 heterocycles. The van der Waals surface area contributed by atoms with Crippen LogP contribution in [0.5, 0.6) is 0 Å². The highest BCUT2D eigenvalue weighted by molar-refractivity contribution is 5.52. The van der Waals surface area contributed by atoms with Gasteiger partial charge in [-0.15, -0.1) is 0 Å². The van der Waals surface area contributed by atoms with E-state index in [9.17, 15) is 0 Å². The molecule has 0 spiro atoms. The zero-order chi connectivity index (χ0) is 17.2. The van der Waals surface area contributed by atoms with Crippen molar-refractivity contribution in [2.75, 3.05) is 19.6 Å². The number of nitrogens with zero attached hydrogens (tertiary/aromatic N) is 2. The van der Waals surface area contributed by atoms with Crippen LogP contribution in [-0.2, 0) is 6.54 Å². The van der Waals surface area contributed by atoms with E-state index in [2.05, 4.69) is 52.1 Å². The quantitative estimate of drug-likeness (QED) is 0.670. The second-order valence-corrected chi connectivity index (χ2v) is 7.64. The van der Waals surface area contributed by atoms with Gasteiger partial charge >= 0.3 is 0 Å². The Morgan fingerprint density at radius 1 is 0.800 bits per heavy atom. The topological polar surface area (TPSA) is 6.25 Å². The summed E-state index contributed by atoms with van der Waals surface area (Å²) in [4.78, 5) is 2.63. The van der Waals surface area contributed by atoms with Crippen LogP contribution in [0, 0.1) is 0 Å². The smallest absolute Gasteiger partial charge is 0.176 e. The normalized spacial score (nSPS) is 21.6. The fraction of sp³-hybridized carbons (Fsp3) is 0.609. The molecule has 0 unspecified atom stereocenters. The lowest BCUT2D eigenvalue weighted by Crippen LogP contribution is -2.25. The van der Waals surface area contributed by atoms with Crippen LogP contribution >= 0.6 is 0 Å². The Labute approximate surface area is 154 Å². The summed E-state index contributed by atoms with van der Waals surface area (Å²) in [6, 6.07) is 10.9. The minimum absolute atomic E-state index is 1.09. The summed E-state index contributed by atoms with van der Waals surface area (Å²) in [5.74, 6) is 0. The second kappa shape index (κ2) is 10.6.